The number of nitrogens with zero attached hydrogens (tertiary/aromatic N) is 2. The van der Waals surface area contributed by atoms with Crippen molar-refractivity contribution in [2.45, 2.75) is 25.2 Å². The highest BCUT2D eigenvalue weighted by atomic mass is 32.2. The second-order valence-corrected chi connectivity index (χ2v) is 6.44. The van der Waals surface area contributed by atoms with E-state index in [1.54, 1.807) is 0 Å². The van der Waals surface area contributed by atoms with E-state index in [0.29, 0.717) is 24.5 Å². The summed E-state index contributed by atoms with van der Waals surface area (Å²) in [5, 5.41) is 15.1. The van der Waals surface area contributed by atoms with E-state index >= 15 is 0 Å². The smallest absolute Gasteiger partial charge is 0.311 e. The molecule has 8 heteroatoms. The summed E-state index contributed by atoms with van der Waals surface area (Å²) in [6.07, 6.45) is 0.817. The summed E-state index contributed by atoms with van der Waals surface area (Å²) in [5.41, 5.74) is 0. The van der Waals surface area contributed by atoms with E-state index in [9.17, 15) is 13.2 Å². The first-order chi connectivity index (χ1) is 7.96. The average Bonchev–Trinajstić information content (AvgIpc) is 2.65. The number of aromatic nitrogens is 3. The van der Waals surface area contributed by atoms with E-state index in [0.717, 1.165) is 0 Å². The van der Waals surface area contributed by atoms with Crippen molar-refractivity contribution in [3.05, 3.63) is 11.6 Å². The van der Waals surface area contributed by atoms with Crippen molar-refractivity contribution in [3.63, 3.8) is 0 Å². The van der Waals surface area contributed by atoms with Crippen LogP contribution in [0.15, 0.2) is 0 Å². The molecule has 0 aliphatic carbocycles. The third-order valence-electron chi connectivity index (χ3n) is 2.79. The molecule has 94 valence electrons. The number of carboxylic acids is 1. The number of carboxylic acid groups (broad SMARTS) is 1. The summed E-state index contributed by atoms with van der Waals surface area (Å²) in [5.74, 6) is 0.175. The first-order valence-corrected chi connectivity index (χ1v) is 7.12. The molecule has 0 atom stereocenters. The molecular weight excluding hydrogens is 246 g/mol. The molecule has 1 aromatic rings. The number of H-pyrrole nitrogens is 1. The molecule has 0 radical (unpaired) electrons. The predicted octanol–water partition coefficient (Wildman–Crippen LogP) is -0.276. The van der Waals surface area contributed by atoms with Crippen LogP contribution in [0, 0.1) is 0 Å². The second kappa shape index (κ2) is 4.44. The molecule has 0 saturated carbocycles. The minimum atomic E-state index is -2.90. The lowest BCUT2D eigenvalue weighted by Crippen LogP contribution is -2.22. The number of aromatic amines is 1. The normalized spacial score (nSPS) is 20.2. The third-order valence-corrected chi connectivity index (χ3v) is 4.50. The van der Waals surface area contributed by atoms with Gasteiger partial charge in [-0.05, 0) is 12.8 Å². The Hall–Kier alpha value is -1.44. The first-order valence-electron chi connectivity index (χ1n) is 5.30. The highest BCUT2D eigenvalue weighted by Crippen LogP contribution is 2.26. The van der Waals surface area contributed by atoms with Gasteiger partial charge in [0.2, 0.25) is 0 Å². The summed E-state index contributed by atoms with van der Waals surface area (Å²) in [4.78, 5) is 14.6. The fourth-order valence-corrected chi connectivity index (χ4v) is 3.35. The highest BCUT2D eigenvalue weighted by Gasteiger charge is 2.27. The summed E-state index contributed by atoms with van der Waals surface area (Å²) in [7, 11) is -2.90. The van der Waals surface area contributed by atoms with E-state index in [2.05, 4.69) is 15.2 Å². The van der Waals surface area contributed by atoms with Gasteiger partial charge in [-0.15, -0.1) is 0 Å². The number of hydrogen-bond acceptors (Lipinski definition) is 5. The van der Waals surface area contributed by atoms with Crippen molar-refractivity contribution in [3.8, 4) is 0 Å². The van der Waals surface area contributed by atoms with E-state index in [4.69, 9.17) is 5.11 Å². The Labute approximate surface area is 98.2 Å². The maximum Gasteiger partial charge on any atom is 0.311 e. The fourth-order valence-electron chi connectivity index (χ4n) is 1.86. The molecule has 17 heavy (non-hydrogen) atoms. The lowest BCUT2D eigenvalue weighted by atomic mass is 10.0. The Morgan fingerprint density at radius 1 is 1.41 bits per heavy atom. The standard InChI is InChI=1S/C9H13N3O4S/c13-8(14)5-7-10-9(12-11-7)6-1-3-17(15,16)4-2-6/h6H,1-5H2,(H,13,14)(H,10,11,12). The predicted molar refractivity (Wildman–Crippen MR) is 58.4 cm³/mol. The molecular formula is C9H13N3O4S. The van der Waals surface area contributed by atoms with Crippen LogP contribution in [0.1, 0.15) is 30.4 Å². The van der Waals surface area contributed by atoms with Crippen LogP contribution in [0.5, 0.6) is 0 Å². The van der Waals surface area contributed by atoms with Crippen molar-refractivity contribution >= 4 is 15.8 Å². The van der Waals surface area contributed by atoms with Crippen LogP contribution in [0.3, 0.4) is 0 Å². The van der Waals surface area contributed by atoms with Gasteiger partial charge < -0.3 is 5.11 Å². The van der Waals surface area contributed by atoms with E-state index in [1.807, 2.05) is 0 Å². The van der Waals surface area contributed by atoms with Crippen molar-refractivity contribution in [1.82, 2.24) is 15.2 Å². The van der Waals surface area contributed by atoms with E-state index < -0.39 is 15.8 Å². The molecule has 2 heterocycles. The number of carbonyl (C=O) groups is 1. The Kier molecular flexibility index (Phi) is 3.14. The van der Waals surface area contributed by atoms with Gasteiger partial charge in [-0.1, -0.05) is 0 Å². The monoisotopic (exact) mass is 259 g/mol. The van der Waals surface area contributed by atoms with Crippen LogP contribution >= 0.6 is 0 Å². The summed E-state index contributed by atoms with van der Waals surface area (Å²) in [6, 6.07) is 0. The lowest BCUT2D eigenvalue weighted by Gasteiger charge is -2.18. The topological polar surface area (TPSA) is 113 Å². The third kappa shape index (κ3) is 3.02. The Bertz CT molecular complexity index is 508. The molecule has 1 aromatic heterocycles. The number of rotatable bonds is 3. The van der Waals surface area contributed by atoms with Crippen LogP contribution in [0.4, 0.5) is 0 Å². The Morgan fingerprint density at radius 3 is 2.65 bits per heavy atom. The number of nitrogens with one attached hydrogen (secondary N) is 1. The van der Waals surface area contributed by atoms with Gasteiger partial charge in [0.15, 0.2) is 5.82 Å². The summed E-state index contributed by atoms with van der Waals surface area (Å²) in [6.45, 7) is 0. The van der Waals surface area contributed by atoms with Gasteiger partial charge in [-0.2, -0.15) is 5.10 Å². The minimum Gasteiger partial charge on any atom is -0.481 e. The number of aliphatic carboxylic acids is 1. The zero-order valence-corrected chi connectivity index (χ0v) is 9.90. The molecule has 0 bridgehead atoms. The van der Waals surface area contributed by atoms with Gasteiger partial charge in [0.05, 0.1) is 11.5 Å². The fraction of sp³-hybridized carbons (Fsp3) is 0.667. The number of sulfone groups is 1. The minimum absolute atomic E-state index is 0.0114. The summed E-state index contributed by atoms with van der Waals surface area (Å²) >= 11 is 0. The summed E-state index contributed by atoms with van der Waals surface area (Å²) < 4.78 is 22.5. The molecule has 0 unspecified atom stereocenters. The molecule has 1 saturated heterocycles. The molecule has 1 aliphatic rings. The van der Waals surface area contributed by atoms with Gasteiger partial charge in [0.1, 0.15) is 22.1 Å². The maximum atomic E-state index is 11.3. The quantitative estimate of drug-likeness (QED) is 0.772. The molecule has 0 spiro atoms. The molecule has 2 rings (SSSR count). The molecule has 7 nitrogen and oxygen atoms in total. The Morgan fingerprint density at radius 2 is 2.06 bits per heavy atom. The SMILES string of the molecule is O=C(O)Cc1nc(C2CCS(=O)(=O)CC2)n[nH]1. The molecule has 0 amide bonds. The highest BCUT2D eigenvalue weighted by molar-refractivity contribution is 7.91. The zero-order chi connectivity index (χ0) is 12.5. The van der Waals surface area contributed by atoms with Crippen LogP contribution in [-0.2, 0) is 21.1 Å². The molecule has 0 aromatic carbocycles. The van der Waals surface area contributed by atoms with Crippen molar-refractivity contribution in [1.29, 1.82) is 0 Å². The lowest BCUT2D eigenvalue weighted by molar-refractivity contribution is -0.136. The molecule has 1 fully saturated rings. The van der Waals surface area contributed by atoms with Gasteiger partial charge >= 0.3 is 5.97 Å². The maximum absolute atomic E-state index is 11.3. The van der Waals surface area contributed by atoms with Crippen LogP contribution < -0.4 is 0 Å². The van der Waals surface area contributed by atoms with Crippen LogP contribution in [-0.4, -0.2) is 46.2 Å². The second-order valence-electron chi connectivity index (χ2n) is 4.14. The van der Waals surface area contributed by atoms with Crippen molar-refractivity contribution in [2.24, 2.45) is 0 Å². The van der Waals surface area contributed by atoms with Crippen LogP contribution in [0.25, 0.3) is 0 Å². The van der Waals surface area contributed by atoms with Gasteiger partial charge in [-0.25, -0.2) is 13.4 Å². The van der Waals surface area contributed by atoms with Gasteiger partial charge in [0.25, 0.3) is 0 Å². The van der Waals surface area contributed by atoms with E-state index in [1.165, 1.54) is 0 Å². The van der Waals surface area contributed by atoms with Crippen molar-refractivity contribution in [2.75, 3.05) is 11.5 Å². The van der Waals surface area contributed by atoms with Crippen LogP contribution in [0.2, 0.25) is 0 Å². The molecule has 2 N–H and O–H groups in total. The first kappa shape index (κ1) is 12.0. The largest absolute Gasteiger partial charge is 0.481 e. The Balaban J connectivity index is 2.04. The van der Waals surface area contributed by atoms with Gasteiger partial charge in [-0.3, -0.25) is 9.89 Å². The average molecular weight is 259 g/mol. The van der Waals surface area contributed by atoms with E-state index in [-0.39, 0.29) is 23.8 Å². The molecule has 1 aliphatic heterocycles. The number of hydrogen-bond donors (Lipinski definition) is 2. The van der Waals surface area contributed by atoms with Crippen molar-refractivity contribution < 1.29 is 18.3 Å². The zero-order valence-electron chi connectivity index (χ0n) is 9.09. The van der Waals surface area contributed by atoms with Gasteiger partial charge in [0, 0.05) is 5.92 Å².